The SMILES string of the molecule is CCCCCCCCCCCCCCCCCCC1=NN(c2c(Cl)cc(Cl)cc2Cl)C(=O)C1Br. The Morgan fingerprint density at radius 3 is 1.62 bits per heavy atom. The Morgan fingerprint density at radius 1 is 0.765 bits per heavy atom. The summed E-state index contributed by atoms with van der Waals surface area (Å²) in [5.41, 5.74) is 1.22. The highest BCUT2D eigenvalue weighted by Crippen LogP contribution is 2.39. The van der Waals surface area contributed by atoms with Crippen LogP contribution in [0.3, 0.4) is 0 Å². The van der Waals surface area contributed by atoms with Gasteiger partial charge in [0, 0.05) is 5.02 Å². The van der Waals surface area contributed by atoms with Gasteiger partial charge in [-0.2, -0.15) is 10.1 Å². The number of hydrogen-bond donors (Lipinski definition) is 0. The fourth-order valence-electron chi connectivity index (χ4n) is 4.41. The maximum absolute atomic E-state index is 12.7. The highest BCUT2D eigenvalue weighted by atomic mass is 79.9. The molecule has 1 atom stereocenters. The zero-order valence-electron chi connectivity index (χ0n) is 20.6. The molecule has 0 bridgehead atoms. The molecular weight excluding hydrogens is 555 g/mol. The van der Waals surface area contributed by atoms with E-state index in [0.29, 0.717) is 20.8 Å². The molecule has 0 spiro atoms. The minimum Gasteiger partial charge on any atom is -0.271 e. The number of hydrazone groups is 1. The van der Waals surface area contributed by atoms with E-state index in [9.17, 15) is 4.79 Å². The quantitative estimate of drug-likeness (QED) is 0.123. The Bertz CT molecular complexity index is 764. The first-order chi connectivity index (χ1) is 16.5. The van der Waals surface area contributed by atoms with Crippen LogP contribution in [0.4, 0.5) is 5.69 Å². The number of rotatable bonds is 18. The van der Waals surface area contributed by atoms with Gasteiger partial charge in [0.1, 0.15) is 10.5 Å². The second kappa shape index (κ2) is 17.2. The number of carbonyl (C=O) groups excluding carboxylic acids is 1. The monoisotopic (exact) mass is 592 g/mol. The molecule has 1 amide bonds. The number of hydrogen-bond acceptors (Lipinski definition) is 2. The van der Waals surface area contributed by atoms with E-state index in [2.05, 4.69) is 28.0 Å². The van der Waals surface area contributed by atoms with E-state index in [0.717, 1.165) is 25.0 Å². The van der Waals surface area contributed by atoms with E-state index in [1.165, 1.54) is 94.9 Å². The largest absolute Gasteiger partial charge is 0.271 e. The Morgan fingerprint density at radius 2 is 1.18 bits per heavy atom. The molecule has 7 heteroatoms. The molecule has 0 radical (unpaired) electrons. The third-order valence-electron chi connectivity index (χ3n) is 6.43. The summed E-state index contributed by atoms with van der Waals surface area (Å²) in [7, 11) is 0. The number of alkyl halides is 1. The fraction of sp³-hybridized carbons (Fsp3) is 0.704. The van der Waals surface area contributed by atoms with Crippen molar-refractivity contribution >= 4 is 68.0 Å². The molecule has 1 aliphatic rings. The molecule has 1 heterocycles. The maximum atomic E-state index is 12.7. The van der Waals surface area contributed by atoms with Crippen LogP contribution in [0.15, 0.2) is 17.2 Å². The molecule has 1 aromatic carbocycles. The number of benzene rings is 1. The third kappa shape index (κ3) is 10.4. The summed E-state index contributed by atoms with van der Waals surface area (Å²) < 4.78 is 0. The normalized spacial score (nSPS) is 15.9. The van der Waals surface area contributed by atoms with Crippen LogP contribution in [-0.2, 0) is 4.79 Å². The van der Waals surface area contributed by atoms with Crippen molar-refractivity contribution in [3.63, 3.8) is 0 Å². The van der Waals surface area contributed by atoms with Gasteiger partial charge in [0.05, 0.1) is 15.8 Å². The van der Waals surface area contributed by atoms with Gasteiger partial charge >= 0.3 is 0 Å². The molecule has 0 saturated carbocycles. The average molecular weight is 595 g/mol. The molecule has 1 aliphatic heterocycles. The van der Waals surface area contributed by atoms with Crippen LogP contribution < -0.4 is 5.01 Å². The highest BCUT2D eigenvalue weighted by Gasteiger charge is 2.36. The smallest absolute Gasteiger partial charge is 0.267 e. The first kappa shape index (κ1) is 29.9. The Kier molecular flexibility index (Phi) is 15.2. The number of anilines is 1. The lowest BCUT2D eigenvalue weighted by molar-refractivity contribution is -0.116. The predicted molar refractivity (Wildman–Crippen MR) is 153 cm³/mol. The highest BCUT2D eigenvalue weighted by molar-refractivity contribution is 9.10. The van der Waals surface area contributed by atoms with Gasteiger partial charge in [-0.15, -0.1) is 0 Å². The summed E-state index contributed by atoms with van der Waals surface area (Å²) in [5, 5.41) is 6.89. The minimum absolute atomic E-state index is 0.169. The molecule has 0 fully saturated rings. The molecule has 0 saturated heterocycles. The Hall–Kier alpha value is -0.290. The molecule has 1 aromatic rings. The Labute approximate surface area is 230 Å². The van der Waals surface area contributed by atoms with Gasteiger partial charge in [-0.25, -0.2) is 0 Å². The maximum Gasteiger partial charge on any atom is 0.267 e. The molecular formula is C27H40BrCl3N2O. The molecule has 1 unspecified atom stereocenters. The first-order valence-electron chi connectivity index (χ1n) is 13.2. The van der Waals surface area contributed by atoms with E-state index in [-0.39, 0.29) is 5.91 Å². The number of amides is 1. The van der Waals surface area contributed by atoms with Crippen molar-refractivity contribution in [1.82, 2.24) is 0 Å². The van der Waals surface area contributed by atoms with Crippen molar-refractivity contribution in [3.05, 3.63) is 27.2 Å². The standard InChI is InChI=1S/C27H40BrCl3N2O/c1-2-3-4-5-6-7-8-9-10-11-12-13-14-15-16-17-18-24-25(28)27(34)33(32-24)26-22(30)19-21(29)20-23(26)31/h19-20,25H,2-18H2,1H3. The van der Waals surface area contributed by atoms with Gasteiger partial charge in [0.15, 0.2) is 0 Å². The number of unbranched alkanes of at least 4 members (excludes halogenated alkanes) is 15. The fourth-order valence-corrected chi connectivity index (χ4v) is 5.90. The number of carbonyl (C=O) groups is 1. The summed E-state index contributed by atoms with van der Waals surface area (Å²) in [6.07, 6.45) is 22.3. The van der Waals surface area contributed by atoms with Crippen LogP contribution in [0.5, 0.6) is 0 Å². The lowest BCUT2D eigenvalue weighted by atomic mass is 10.0. The van der Waals surface area contributed by atoms with Crippen molar-refractivity contribution in [1.29, 1.82) is 0 Å². The van der Waals surface area contributed by atoms with Crippen LogP contribution in [0, 0.1) is 0 Å². The van der Waals surface area contributed by atoms with Crippen LogP contribution in [0.2, 0.25) is 15.1 Å². The van der Waals surface area contributed by atoms with E-state index in [1.54, 1.807) is 12.1 Å². The van der Waals surface area contributed by atoms with Gasteiger partial charge in [0.2, 0.25) is 0 Å². The van der Waals surface area contributed by atoms with Gasteiger partial charge in [-0.1, -0.05) is 154 Å². The van der Waals surface area contributed by atoms with Gasteiger partial charge in [-0.05, 0) is 25.0 Å². The van der Waals surface area contributed by atoms with Crippen molar-refractivity contribution in [2.75, 3.05) is 5.01 Å². The molecule has 34 heavy (non-hydrogen) atoms. The second-order valence-corrected chi connectivity index (χ2v) is 11.5. The number of nitrogens with zero attached hydrogens (tertiary/aromatic N) is 2. The van der Waals surface area contributed by atoms with Crippen LogP contribution in [0.25, 0.3) is 0 Å². The molecule has 192 valence electrons. The molecule has 0 aliphatic carbocycles. The molecule has 0 aromatic heterocycles. The predicted octanol–water partition coefficient (Wildman–Crippen LogP) is 10.8. The summed E-state index contributed by atoms with van der Waals surface area (Å²) in [5.74, 6) is -0.169. The first-order valence-corrected chi connectivity index (χ1v) is 15.2. The second-order valence-electron chi connectivity index (χ2n) is 9.38. The lowest BCUT2D eigenvalue weighted by Gasteiger charge is -2.16. The third-order valence-corrected chi connectivity index (χ3v) is 8.14. The van der Waals surface area contributed by atoms with Crippen molar-refractivity contribution in [2.45, 2.75) is 121 Å². The minimum atomic E-state index is -0.424. The zero-order valence-corrected chi connectivity index (χ0v) is 24.4. The van der Waals surface area contributed by atoms with E-state index >= 15 is 0 Å². The molecule has 2 rings (SSSR count). The van der Waals surface area contributed by atoms with Crippen LogP contribution in [0.1, 0.15) is 116 Å². The van der Waals surface area contributed by atoms with E-state index in [4.69, 9.17) is 34.8 Å². The number of halogens is 4. The van der Waals surface area contributed by atoms with Crippen molar-refractivity contribution in [3.8, 4) is 0 Å². The lowest BCUT2D eigenvalue weighted by Crippen LogP contribution is -2.28. The van der Waals surface area contributed by atoms with Gasteiger partial charge in [-0.3, -0.25) is 4.79 Å². The van der Waals surface area contributed by atoms with Gasteiger partial charge in [0.25, 0.3) is 5.91 Å². The topological polar surface area (TPSA) is 32.7 Å². The summed E-state index contributed by atoms with van der Waals surface area (Å²) >= 11 is 22.0. The van der Waals surface area contributed by atoms with E-state index in [1.807, 2.05) is 0 Å². The van der Waals surface area contributed by atoms with Gasteiger partial charge < -0.3 is 0 Å². The Balaban J connectivity index is 1.54. The molecule has 3 nitrogen and oxygen atoms in total. The van der Waals surface area contributed by atoms with Crippen molar-refractivity contribution in [2.24, 2.45) is 5.10 Å². The average Bonchev–Trinajstić information content (AvgIpc) is 3.06. The zero-order chi connectivity index (χ0) is 24.8. The molecule has 0 N–H and O–H groups in total. The van der Waals surface area contributed by atoms with Crippen molar-refractivity contribution < 1.29 is 4.79 Å². The summed E-state index contributed by atoms with van der Waals surface area (Å²) in [6, 6.07) is 3.15. The van der Waals surface area contributed by atoms with Crippen LogP contribution in [-0.4, -0.2) is 16.4 Å². The summed E-state index contributed by atoms with van der Waals surface area (Å²) in [6.45, 7) is 2.28. The van der Waals surface area contributed by atoms with E-state index < -0.39 is 4.83 Å². The summed E-state index contributed by atoms with van der Waals surface area (Å²) in [4.78, 5) is 12.3. The van der Waals surface area contributed by atoms with Crippen LogP contribution >= 0.6 is 50.7 Å².